The van der Waals surface area contributed by atoms with Crippen molar-refractivity contribution >= 4 is 17.6 Å². The number of methoxy groups -OCH3 is 2. The number of halogens is 1. The average Bonchev–Trinajstić information content (AvgIpc) is 2.62. The van der Waals surface area contributed by atoms with Crippen LogP contribution in [0.25, 0.3) is 0 Å². The van der Waals surface area contributed by atoms with Crippen molar-refractivity contribution in [2.24, 2.45) is 0 Å². The first-order chi connectivity index (χ1) is 12.8. The van der Waals surface area contributed by atoms with Crippen LogP contribution in [0.4, 0.5) is 10.1 Å². The molecule has 0 saturated heterocycles. The van der Waals surface area contributed by atoms with E-state index in [1.165, 1.54) is 33.3 Å². The van der Waals surface area contributed by atoms with E-state index in [0.29, 0.717) is 17.0 Å². The number of carbonyl (C=O) groups excluding carboxylic acids is 2. The summed E-state index contributed by atoms with van der Waals surface area (Å²) in [4.78, 5) is 24.3. The van der Waals surface area contributed by atoms with Crippen LogP contribution in [0.3, 0.4) is 0 Å². The standard InChI is InChI=1S/C20H22FNO5/c1-12-5-7-18(26-4)16(9-12)22-20(24)13(2)27-19(23)11-14-6-8-17(25-3)15(21)10-14/h5-10,13H,11H2,1-4H3,(H,22,24)/t13-/m1/s1. The molecule has 0 heterocycles. The Hall–Kier alpha value is -3.09. The van der Waals surface area contributed by atoms with Crippen molar-refractivity contribution in [2.75, 3.05) is 19.5 Å². The van der Waals surface area contributed by atoms with Crippen molar-refractivity contribution in [3.05, 3.63) is 53.3 Å². The molecular weight excluding hydrogens is 353 g/mol. The molecule has 0 aliphatic rings. The number of rotatable bonds is 7. The van der Waals surface area contributed by atoms with Crippen molar-refractivity contribution in [3.8, 4) is 11.5 Å². The lowest BCUT2D eigenvalue weighted by molar-refractivity contribution is -0.152. The van der Waals surface area contributed by atoms with Gasteiger partial charge in [0.25, 0.3) is 5.91 Å². The molecule has 1 atom stereocenters. The van der Waals surface area contributed by atoms with Gasteiger partial charge in [0.1, 0.15) is 5.75 Å². The second kappa shape index (κ2) is 9.02. The summed E-state index contributed by atoms with van der Waals surface area (Å²) in [5.41, 5.74) is 1.85. The number of amides is 1. The minimum Gasteiger partial charge on any atom is -0.495 e. The quantitative estimate of drug-likeness (QED) is 0.752. The largest absolute Gasteiger partial charge is 0.495 e. The second-order valence-corrected chi connectivity index (χ2v) is 5.97. The lowest BCUT2D eigenvalue weighted by Gasteiger charge is -2.16. The maximum absolute atomic E-state index is 13.7. The SMILES string of the molecule is COc1ccc(CC(=O)O[C@H](C)C(=O)Nc2cc(C)ccc2OC)cc1F. The highest BCUT2D eigenvalue weighted by atomic mass is 19.1. The van der Waals surface area contributed by atoms with Gasteiger partial charge in [0.05, 0.1) is 26.3 Å². The molecule has 0 spiro atoms. The van der Waals surface area contributed by atoms with Gasteiger partial charge in [-0.1, -0.05) is 12.1 Å². The first-order valence-electron chi connectivity index (χ1n) is 8.31. The van der Waals surface area contributed by atoms with Gasteiger partial charge in [-0.15, -0.1) is 0 Å². The maximum atomic E-state index is 13.7. The predicted molar refractivity (Wildman–Crippen MR) is 98.6 cm³/mol. The fourth-order valence-corrected chi connectivity index (χ4v) is 2.43. The van der Waals surface area contributed by atoms with Gasteiger partial charge >= 0.3 is 5.97 Å². The molecule has 0 aliphatic heterocycles. The summed E-state index contributed by atoms with van der Waals surface area (Å²) in [5, 5.41) is 2.68. The van der Waals surface area contributed by atoms with Crippen molar-refractivity contribution in [1.29, 1.82) is 0 Å². The van der Waals surface area contributed by atoms with Crippen LogP contribution in [-0.4, -0.2) is 32.2 Å². The zero-order chi connectivity index (χ0) is 20.0. The summed E-state index contributed by atoms with van der Waals surface area (Å²) in [6, 6.07) is 9.53. The predicted octanol–water partition coefficient (Wildman–Crippen LogP) is 3.26. The Morgan fingerprint density at radius 1 is 1.07 bits per heavy atom. The van der Waals surface area contributed by atoms with Gasteiger partial charge in [0, 0.05) is 0 Å². The molecule has 2 aromatic carbocycles. The number of anilines is 1. The maximum Gasteiger partial charge on any atom is 0.311 e. The molecule has 0 aliphatic carbocycles. The topological polar surface area (TPSA) is 73.9 Å². The third-order valence-electron chi connectivity index (χ3n) is 3.85. The third kappa shape index (κ3) is 5.44. The van der Waals surface area contributed by atoms with E-state index in [1.807, 2.05) is 13.0 Å². The molecule has 0 radical (unpaired) electrons. The molecule has 1 N–H and O–H groups in total. The molecule has 7 heteroatoms. The zero-order valence-electron chi connectivity index (χ0n) is 15.7. The lowest BCUT2D eigenvalue weighted by Crippen LogP contribution is -2.30. The Kier molecular flexibility index (Phi) is 6.76. The summed E-state index contributed by atoms with van der Waals surface area (Å²) < 4.78 is 28.9. The molecule has 2 rings (SSSR count). The molecular formula is C20H22FNO5. The van der Waals surface area contributed by atoms with Crippen LogP contribution in [0.2, 0.25) is 0 Å². The molecule has 0 fully saturated rings. The van der Waals surface area contributed by atoms with Crippen molar-refractivity contribution in [2.45, 2.75) is 26.4 Å². The van der Waals surface area contributed by atoms with Gasteiger partial charge in [0.2, 0.25) is 0 Å². The Balaban J connectivity index is 1.96. The van der Waals surface area contributed by atoms with Crippen LogP contribution in [0.5, 0.6) is 11.5 Å². The van der Waals surface area contributed by atoms with E-state index < -0.39 is 23.8 Å². The molecule has 1 amide bonds. The smallest absolute Gasteiger partial charge is 0.311 e. The van der Waals surface area contributed by atoms with E-state index in [-0.39, 0.29) is 12.2 Å². The van der Waals surface area contributed by atoms with Gasteiger partial charge in [-0.25, -0.2) is 4.39 Å². The Morgan fingerprint density at radius 2 is 1.74 bits per heavy atom. The van der Waals surface area contributed by atoms with E-state index >= 15 is 0 Å². The molecule has 2 aromatic rings. The molecule has 0 saturated carbocycles. The highest BCUT2D eigenvalue weighted by molar-refractivity contribution is 5.96. The zero-order valence-corrected chi connectivity index (χ0v) is 15.7. The summed E-state index contributed by atoms with van der Waals surface area (Å²) in [7, 11) is 2.85. The van der Waals surface area contributed by atoms with E-state index in [4.69, 9.17) is 14.2 Å². The van der Waals surface area contributed by atoms with Gasteiger partial charge in [-0.2, -0.15) is 0 Å². The van der Waals surface area contributed by atoms with E-state index in [9.17, 15) is 14.0 Å². The molecule has 0 bridgehead atoms. The van der Waals surface area contributed by atoms with Crippen LogP contribution in [0, 0.1) is 12.7 Å². The number of nitrogens with one attached hydrogen (secondary N) is 1. The van der Waals surface area contributed by atoms with Crippen LogP contribution in [0.15, 0.2) is 36.4 Å². The lowest BCUT2D eigenvalue weighted by atomic mass is 10.1. The van der Waals surface area contributed by atoms with Gasteiger partial charge in [-0.05, 0) is 49.2 Å². The molecule has 144 valence electrons. The molecule has 27 heavy (non-hydrogen) atoms. The van der Waals surface area contributed by atoms with Crippen LogP contribution in [-0.2, 0) is 20.7 Å². The van der Waals surface area contributed by atoms with Crippen molar-refractivity contribution in [3.63, 3.8) is 0 Å². The Labute approximate surface area is 157 Å². The normalized spacial score (nSPS) is 11.4. The minimum atomic E-state index is -1.02. The number of esters is 1. The van der Waals surface area contributed by atoms with Crippen LogP contribution in [0.1, 0.15) is 18.1 Å². The second-order valence-electron chi connectivity index (χ2n) is 5.97. The van der Waals surface area contributed by atoms with Gasteiger partial charge < -0.3 is 19.5 Å². The number of hydrogen-bond acceptors (Lipinski definition) is 5. The van der Waals surface area contributed by atoms with Gasteiger partial charge in [0.15, 0.2) is 17.7 Å². The summed E-state index contributed by atoms with van der Waals surface area (Å²) in [6.07, 6.45) is -1.18. The van der Waals surface area contributed by atoms with Crippen LogP contribution < -0.4 is 14.8 Å². The minimum absolute atomic E-state index is 0.0898. The van der Waals surface area contributed by atoms with Gasteiger partial charge in [-0.3, -0.25) is 9.59 Å². The summed E-state index contributed by atoms with van der Waals surface area (Å²) in [6.45, 7) is 3.34. The first kappa shape index (κ1) is 20.2. The number of aryl methyl sites for hydroxylation is 1. The highest BCUT2D eigenvalue weighted by Crippen LogP contribution is 2.25. The van der Waals surface area contributed by atoms with E-state index in [0.717, 1.165) is 5.56 Å². The number of benzene rings is 2. The summed E-state index contributed by atoms with van der Waals surface area (Å²) in [5.74, 6) is -1.11. The van der Waals surface area contributed by atoms with Crippen LogP contribution >= 0.6 is 0 Å². The molecule has 0 unspecified atom stereocenters. The average molecular weight is 375 g/mol. The Bertz CT molecular complexity index is 837. The number of ether oxygens (including phenoxy) is 3. The fourth-order valence-electron chi connectivity index (χ4n) is 2.43. The van der Waals surface area contributed by atoms with Crippen molar-refractivity contribution < 1.29 is 28.2 Å². The molecule has 0 aromatic heterocycles. The number of hydrogen-bond donors (Lipinski definition) is 1. The first-order valence-corrected chi connectivity index (χ1v) is 8.31. The molecule has 6 nitrogen and oxygen atoms in total. The van der Waals surface area contributed by atoms with E-state index in [2.05, 4.69) is 5.32 Å². The van der Waals surface area contributed by atoms with Crippen molar-refractivity contribution in [1.82, 2.24) is 0 Å². The summed E-state index contributed by atoms with van der Waals surface area (Å²) >= 11 is 0. The Morgan fingerprint density at radius 3 is 2.37 bits per heavy atom. The third-order valence-corrected chi connectivity index (χ3v) is 3.85. The number of carbonyl (C=O) groups is 2. The fraction of sp³-hybridized carbons (Fsp3) is 0.300. The van der Waals surface area contributed by atoms with E-state index in [1.54, 1.807) is 18.2 Å². The highest BCUT2D eigenvalue weighted by Gasteiger charge is 2.20. The monoisotopic (exact) mass is 375 g/mol.